The van der Waals surface area contributed by atoms with E-state index in [1.807, 2.05) is 25.7 Å². The highest BCUT2D eigenvalue weighted by Gasteiger charge is 2.20. The Morgan fingerprint density at radius 1 is 1.20 bits per heavy atom. The molecule has 1 rings (SSSR count). The minimum atomic E-state index is -0.161. The van der Waals surface area contributed by atoms with Crippen LogP contribution in [0.2, 0.25) is 0 Å². The van der Waals surface area contributed by atoms with Crippen molar-refractivity contribution in [2.24, 2.45) is 0 Å². The van der Waals surface area contributed by atoms with Crippen LogP contribution in [0.4, 0.5) is 0 Å². The zero-order chi connectivity index (χ0) is 15.3. The van der Waals surface area contributed by atoms with E-state index in [0.717, 1.165) is 13.1 Å². The smallest absolute Gasteiger partial charge is 0.239 e. The van der Waals surface area contributed by atoms with Crippen LogP contribution in [0.25, 0.3) is 0 Å². The van der Waals surface area contributed by atoms with Crippen molar-refractivity contribution in [3.8, 4) is 0 Å². The Labute approximate surface area is 123 Å². The number of nitrogens with one attached hydrogen (secondary N) is 1. The van der Waals surface area contributed by atoms with E-state index in [1.165, 1.54) is 16.7 Å². The van der Waals surface area contributed by atoms with Crippen molar-refractivity contribution in [2.45, 2.75) is 53.6 Å². The molecule has 0 bridgehead atoms. The van der Waals surface area contributed by atoms with Gasteiger partial charge in [0.1, 0.15) is 0 Å². The first-order valence-corrected chi connectivity index (χ1v) is 7.52. The number of carbonyl (C=O) groups is 1. The van der Waals surface area contributed by atoms with Crippen molar-refractivity contribution >= 4 is 5.91 Å². The van der Waals surface area contributed by atoms with Gasteiger partial charge in [0.05, 0.1) is 6.04 Å². The summed E-state index contributed by atoms with van der Waals surface area (Å²) >= 11 is 0. The Hall–Kier alpha value is -1.35. The van der Waals surface area contributed by atoms with E-state index in [0.29, 0.717) is 0 Å². The summed E-state index contributed by atoms with van der Waals surface area (Å²) in [6.07, 6.45) is 0. The quantitative estimate of drug-likeness (QED) is 0.865. The van der Waals surface area contributed by atoms with Crippen molar-refractivity contribution in [1.82, 2.24) is 10.2 Å². The van der Waals surface area contributed by atoms with Crippen LogP contribution in [0.3, 0.4) is 0 Å². The Balaban J connectivity index is 2.74. The summed E-state index contributed by atoms with van der Waals surface area (Å²) in [5.41, 5.74) is 3.80. The molecule has 0 radical (unpaired) electrons. The molecular formula is C17H28N2O. The molecule has 112 valence electrons. The molecule has 3 nitrogen and oxygen atoms in total. The van der Waals surface area contributed by atoms with E-state index in [1.54, 1.807) is 0 Å². The number of amides is 1. The molecule has 1 aromatic carbocycles. The Bertz CT molecular complexity index is 452. The first-order valence-electron chi connectivity index (χ1n) is 7.52. The van der Waals surface area contributed by atoms with Gasteiger partial charge in [-0.3, -0.25) is 10.1 Å². The summed E-state index contributed by atoms with van der Waals surface area (Å²) in [7, 11) is 0. The van der Waals surface area contributed by atoms with Crippen LogP contribution < -0.4 is 5.32 Å². The highest BCUT2D eigenvalue weighted by molar-refractivity contribution is 5.81. The number of hydrogen-bond donors (Lipinski definition) is 1. The van der Waals surface area contributed by atoms with Crippen LogP contribution in [0, 0.1) is 13.8 Å². The van der Waals surface area contributed by atoms with Gasteiger partial charge in [0.25, 0.3) is 0 Å². The van der Waals surface area contributed by atoms with Gasteiger partial charge in [-0.25, -0.2) is 0 Å². The van der Waals surface area contributed by atoms with Crippen molar-refractivity contribution in [3.63, 3.8) is 0 Å². The topological polar surface area (TPSA) is 32.3 Å². The SMILES string of the molecule is CCN(CC)C(=O)C(C)NC(C)c1ccc(C)cc1C. The maximum absolute atomic E-state index is 12.3. The number of nitrogens with zero attached hydrogens (tertiary/aromatic N) is 1. The number of aryl methyl sites for hydroxylation is 2. The van der Waals surface area contributed by atoms with Gasteiger partial charge in [0.2, 0.25) is 5.91 Å². The molecule has 0 spiro atoms. The first-order chi connectivity index (χ1) is 9.40. The second-order valence-electron chi connectivity index (χ2n) is 5.48. The summed E-state index contributed by atoms with van der Waals surface area (Å²) in [4.78, 5) is 14.1. The van der Waals surface area contributed by atoms with E-state index in [4.69, 9.17) is 0 Å². The number of carbonyl (C=O) groups excluding carboxylic acids is 1. The van der Waals surface area contributed by atoms with Gasteiger partial charge >= 0.3 is 0 Å². The summed E-state index contributed by atoms with van der Waals surface area (Å²) in [5.74, 6) is 0.173. The molecule has 1 aromatic rings. The van der Waals surface area contributed by atoms with Crippen LogP contribution in [0.5, 0.6) is 0 Å². The van der Waals surface area contributed by atoms with Crippen molar-refractivity contribution in [1.29, 1.82) is 0 Å². The van der Waals surface area contributed by atoms with Gasteiger partial charge in [0.15, 0.2) is 0 Å². The van der Waals surface area contributed by atoms with Crippen molar-refractivity contribution in [2.75, 3.05) is 13.1 Å². The van der Waals surface area contributed by atoms with Gasteiger partial charge in [-0.05, 0) is 52.7 Å². The fourth-order valence-corrected chi connectivity index (χ4v) is 2.66. The molecule has 0 aliphatic heterocycles. The predicted molar refractivity (Wildman–Crippen MR) is 84.9 cm³/mol. The van der Waals surface area contributed by atoms with Crippen LogP contribution in [0.1, 0.15) is 50.4 Å². The van der Waals surface area contributed by atoms with Crippen molar-refractivity contribution in [3.05, 3.63) is 34.9 Å². The average molecular weight is 276 g/mol. The predicted octanol–water partition coefficient (Wildman–Crippen LogP) is 3.21. The summed E-state index contributed by atoms with van der Waals surface area (Å²) in [6, 6.07) is 6.47. The third kappa shape index (κ3) is 4.07. The number of benzene rings is 1. The molecule has 0 aliphatic carbocycles. The molecule has 2 unspecified atom stereocenters. The van der Waals surface area contributed by atoms with Gasteiger partial charge in [0, 0.05) is 19.1 Å². The van der Waals surface area contributed by atoms with Crippen molar-refractivity contribution < 1.29 is 4.79 Å². The Morgan fingerprint density at radius 3 is 2.30 bits per heavy atom. The lowest BCUT2D eigenvalue weighted by Crippen LogP contribution is -2.45. The van der Waals surface area contributed by atoms with E-state index in [-0.39, 0.29) is 18.0 Å². The lowest BCUT2D eigenvalue weighted by atomic mass is 9.99. The van der Waals surface area contributed by atoms with Crippen LogP contribution >= 0.6 is 0 Å². The van der Waals surface area contributed by atoms with E-state index in [9.17, 15) is 4.79 Å². The van der Waals surface area contributed by atoms with Crippen LogP contribution in [-0.2, 0) is 4.79 Å². The standard InChI is InChI=1S/C17H28N2O/c1-7-19(8-2)17(20)15(6)18-14(5)16-10-9-12(3)11-13(16)4/h9-11,14-15,18H,7-8H2,1-6H3. The normalized spacial score (nSPS) is 13.9. The molecule has 2 atom stereocenters. The molecule has 0 aromatic heterocycles. The average Bonchev–Trinajstić information content (AvgIpc) is 2.39. The monoisotopic (exact) mass is 276 g/mol. The van der Waals surface area contributed by atoms with Gasteiger partial charge in [-0.15, -0.1) is 0 Å². The Morgan fingerprint density at radius 2 is 1.80 bits per heavy atom. The van der Waals surface area contributed by atoms with E-state index in [2.05, 4.69) is 44.3 Å². The molecule has 0 saturated heterocycles. The lowest BCUT2D eigenvalue weighted by Gasteiger charge is -2.26. The lowest BCUT2D eigenvalue weighted by molar-refractivity contribution is -0.132. The molecule has 0 heterocycles. The second-order valence-corrected chi connectivity index (χ2v) is 5.48. The number of hydrogen-bond acceptors (Lipinski definition) is 2. The number of likely N-dealkylation sites (N-methyl/N-ethyl adjacent to an activating group) is 1. The minimum absolute atomic E-state index is 0.161. The fraction of sp³-hybridized carbons (Fsp3) is 0.588. The van der Waals surface area contributed by atoms with Gasteiger partial charge in [-0.2, -0.15) is 0 Å². The second kappa shape index (κ2) is 7.44. The minimum Gasteiger partial charge on any atom is -0.342 e. The first kappa shape index (κ1) is 16.7. The molecule has 0 aliphatic rings. The molecular weight excluding hydrogens is 248 g/mol. The largest absolute Gasteiger partial charge is 0.342 e. The summed E-state index contributed by atoms with van der Waals surface area (Å²) in [6.45, 7) is 13.8. The zero-order valence-electron chi connectivity index (χ0n) is 13.7. The number of rotatable bonds is 6. The highest BCUT2D eigenvalue weighted by Crippen LogP contribution is 2.19. The maximum atomic E-state index is 12.3. The maximum Gasteiger partial charge on any atom is 0.239 e. The zero-order valence-corrected chi connectivity index (χ0v) is 13.7. The third-order valence-electron chi connectivity index (χ3n) is 3.84. The molecule has 0 saturated carbocycles. The third-order valence-corrected chi connectivity index (χ3v) is 3.84. The molecule has 20 heavy (non-hydrogen) atoms. The Kier molecular flexibility index (Phi) is 6.21. The molecule has 1 amide bonds. The molecule has 1 N–H and O–H groups in total. The van der Waals surface area contributed by atoms with Gasteiger partial charge in [-0.1, -0.05) is 23.8 Å². The molecule has 3 heteroatoms. The van der Waals surface area contributed by atoms with Crippen LogP contribution in [-0.4, -0.2) is 29.9 Å². The summed E-state index contributed by atoms with van der Waals surface area (Å²) < 4.78 is 0. The molecule has 0 fully saturated rings. The van der Waals surface area contributed by atoms with Gasteiger partial charge < -0.3 is 4.90 Å². The van der Waals surface area contributed by atoms with E-state index < -0.39 is 0 Å². The fourth-order valence-electron chi connectivity index (χ4n) is 2.66. The highest BCUT2D eigenvalue weighted by atomic mass is 16.2. The summed E-state index contributed by atoms with van der Waals surface area (Å²) in [5, 5.41) is 3.41. The van der Waals surface area contributed by atoms with Crippen LogP contribution in [0.15, 0.2) is 18.2 Å². The van der Waals surface area contributed by atoms with E-state index >= 15 is 0 Å².